The predicted molar refractivity (Wildman–Crippen MR) is 67.8 cm³/mol. The average molecular weight is 271 g/mol. The number of benzene rings is 1. The van der Waals surface area contributed by atoms with Crippen LogP contribution in [0.5, 0.6) is 0 Å². The van der Waals surface area contributed by atoms with E-state index in [4.69, 9.17) is 0 Å². The predicted octanol–water partition coefficient (Wildman–Crippen LogP) is 3.05. The summed E-state index contributed by atoms with van der Waals surface area (Å²) in [5, 5.41) is 3.10. The van der Waals surface area contributed by atoms with Gasteiger partial charge in [-0.3, -0.25) is 0 Å². The second-order valence-electron chi connectivity index (χ2n) is 5.07. The first kappa shape index (κ1) is 13.9. The highest BCUT2D eigenvalue weighted by Crippen LogP contribution is 2.32. The zero-order valence-electron chi connectivity index (χ0n) is 11.3. The molecule has 0 amide bonds. The number of hydrogen-bond acceptors (Lipinski definition) is 2. The van der Waals surface area contributed by atoms with Gasteiger partial charge in [0.15, 0.2) is 0 Å². The van der Waals surface area contributed by atoms with Crippen LogP contribution in [0.3, 0.4) is 0 Å². The molecule has 1 aromatic heterocycles. The number of aromatic nitrogens is 2. The van der Waals surface area contributed by atoms with Crippen molar-refractivity contribution in [2.75, 3.05) is 7.05 Å². The van der Waals surface area contributed by atoms with Crippen LogP contribution < -0.4 is 5.32 Å². The summed E-state index contributed by atoms with van der Waals surface area (Å²) in [5.41, 5.74) is -0.0412. The van der Waals surface area contributed by atoms with E-state index in [0.717, 1.165) is 12.1 Å². The van der Waals surface area contributed by atoms with Gasteiger partial charge in [-0.2, -0.15) is 13.2 Å². The minimum atomic E-state index is -4.34. The van der Waals surface area contributed by atoms with Gasteiger partial charge in [0, 0.05) is 7.05 Å². The van der Waals surface area contributed by atoms with Crippen LogP contribution in [0.15, 0.2) is 18.2 Å². The van der Waals surface area contributed by atoms with E-state index in [0.29, 0.717) is 16.9 Å². The van der Waals surface area contributed by atoms with Crippen molar-refractivity contribution in [2.45, 2.75) is 25.6 Å². The fourth-order valence-corrected chi connectivity index (χ4v) is 2.05. The number of nitrogens with one attached hydrogen (secondary N) is 1. The highest BCUT2D eigenvalue weighted by atomic mass is 19.4. The largest absolute Gasteiger partial charge is 0.416 e. The van der Waals surface area contributed by atoms with E-state index in [1.165, 1.54) is 6.07 Å². The molecule has 0 radical (unpaired) electrons. The van der Waals surface area contributed by atoms with Gasteiger partial charge in [0.1, 0.15) is 5.82 Å². The van der Waals surface area contributed by atoms with Gasteiger partial charge in [-0.25, -0.2) is 4.98 Å². The Balaban J connectivity index is 2.64. The molecule has 0 aliphatic carbocycles. The molecule has 0 atom stereocenters. The SMILES string of the molecule is CNC(C)(C)c1nc2cc(C(F)(F)F)ccc2n1C. The minimum Gasteiger partial charge on any atom is -0.330 e. The number of fused-ring (bicyclic) bond motifs is 1. The molecule has 0 saturated carbocycles. The van der Waals surface area contributed by atoms with Crippen LogP contribution in [0.2, 0.25) is 0 Å². The smallest absolute Gasteiger partial charge is 0.330 e. The molecule has 0 spiro atoms. The summed E-state index contributed by atoms with van der Waals surface area (Å²) >= 11 is 0. The van der Waals surface area contributed by atoms with E-state index < -0.39 is 17.3 Å². The van der Waals surface area contributed by atoms with Gasteiger partial charge in [-0.05, 0) is 39.1 Å². The first-order valence-corrected chi connectivity index (χ1v) is 5.90. The molecular weight excluding hydrogens is 255 g/mol. The second-order valence-corrected chi connectivity index (χ2v) is 5.07. The average Bonchev–Trinajstić information content (AvgIpc) is 2.66. The summed E-state index contributed by atoms with van der Waals surface area (Å²) in [6.45, 7) is 3.86. The molecule has 19 heavy (non-hydrogen) atoms. The summed E-state index contributed by atoms with van der Waals surface area (Å²) in [4.78, 5) is 4.33. The van der Waals surface area contributed by atoms with Gasteiger partial charge in [0.25, 0.3) is 0 Å². The van der Waals surface area contributed by atoms with Gasteiger partial charge in [-0.1, -0.05) is 0 Å². The monoisotopic (exact) mass is 271 g/mol. The Morgan fingerprint density at radius 3 is 2.37 bits per heavy atom. The van der Waals surface area contributed by atoms with E-state index in [9.17, 15) is 13.2 Å². The number of alkyl halides is 3. The normalized spacial score (nSPS) is 13.2. The Hall–Kier alpha value is -1.56. The van der Waals surface area contributed by atoms with Crippen LogP contribution >= 0.6 is 0 Å². The second kappa shape index (κ2) is 4.23. The fraction of sp³-hybridized carbons (Fsp3) is 0.462. The Morgan fingerprint density at radius 2 is 1.84 bits per heavy atom. The molecule has 0 aliphatic heterocycles. The number of halogens is 3. The molecule has 3 nitrogen and oxygen atoms in total. The maximum atomic E-state index is 12.7. The third kappa shape index (κ3) is 2.32. The molecule has 2 aromatic rings. The first-order valence-electron chi connectivity index (χ1n) is 5.90. The molecule has 2 rings (SSSR count). The molecule has 0 unspecified atom stereocenters. The van der Waals surface area contributed by atoms with E-state index in [1.54, 1.807) is 14.1 Å². The summed E-state index contributed by atoms with van der Waals surface area (Å²) in [7, 11) is 3.59. The van der Waals surface area contributed by atoms with Crippen molar-refractivity contribution in [3.05, 3.63) is 29.6 Å². The molecule has 6 heteroatoms. The van der Waals surface area contributed by atoms with Gasteiger partial charge in [-0.15, -0.1) is 0 Å². The molecule has 0 bridgehead atoms. The van der Waals surface area contributed by atoms with Gasteiger partial charge >= 0.3 is 6.18 Å². The highest BCUT2D eigenvalue weighted by Gasteiger charge is 2.31. The number of nitrogens with zero attached hydrogens (tertiary/aromatic N) is 2. The number of hydrogen-bond donors (Lipinski definition) is 1. The van der Waals surface area contributed by atoms with E-state index in [-0.39, 0.29) is 0 Å². The molecule has 1 N–H and O–H groups in total. The molecule has 104 valence electrons. The summed E-state index contributed by atoms with van der Waals surface area (Å²) in [6.07, 6.45) is -4.34. The topological polar surface area (TPSA) is 29.9 Å². The van der Waals surface area contributed by atoms with Crippen molar-refractivity contribution in [1.82, 2.24) is 14.9 Å². The maximum absolute atomic E-state index is 12.7. The molecule has 0 saturated heterocycles. The van der Waals surface area contributed by atoms with Gasteiger partial charge < -0.3 is 9.88 Å². The molecule has 1 heterocycles. The number of aryl methyl sites for hydroxylation is 1. The Labute approximate surface area is 109 Å². The lowest BCUT2D eigenvalue weighted by atomic mass is 10.1. The number of imidazole rings is 1. The molecular formula is C13H16F3N3. The molecule has 0 aliphatic rings. The van der Waals surface area contributed by atoms with Crippen LogP contribution in [0.25, 0.3) is 11.0 Å². The van der Waals surface area contributed by atoms with Crippen LogP contribution in [0, 0.1) is 0 Å². The third-order valence-electron chi connectivity index (χ3n) is 3.39. The van der Waals surface area contributed by atoms with Gasteiger partial charge in [0.2, 0.25) is 0 Å². The zero-order valence-corrected chi connectivity index (χ0v) is 11.3. The van der Waals surface area contributed by atoms with Crippen LogP contribution in [0.1, 0.15) is 25.2 Å². The lowest BCUT2D eigenvalue weighted by molar-refractivity contribution is -0.137. The van der Waals surface area contributed by atoms with Crippen molar-refractivity contribution in [1.29, 1.82) is 0 Å². The summed E-state index contributed by atoms with van der Waals surface area (Å²) in [6, 6.07) is 3.63. The van der Waals surface area contributed by atoms with Crippen LogP contribution in [0.4, 0.5) is 13.2 Å². The van der Waals surface area contributed by atoms with Crippen molar-refractivity contribution in [3.63, 3.8) is 0 Å². The Bertz CT molecular complexity index is 611. The van der Waals surface area contributed by atoms with E-state index in [2.05, 4.69) is 10.3 Å². The highest BCUT2D eigenvalue weighted by molar-refractivity contribution is 5.77. The number of rotatable bonds is 2. The molecule has 0 fully saturated rings. The first-order chi connectivity index (χ1) is 8.66. The summed E-state index contributed by atoms with van der Waals surface area (Å²) < 4.78 is 39.8. The Kier molecular flexibility index (Phi) is 3.09. The standard InChI is InChI=1S/C13H16F3N3/c1-12(2,17-3)11-18-9-7-8(13(14,15)16)5-6-10(9)19(11)4/h5-7,17H,1-4H3. The van der Waals surface area contributed by atoms with Crippen LogP contribution in [-0.2, 0) is 18.8 Å². The Morgan fingerprint density at radius 1 is 1.21 bits per heavy atom. The maximum Gasteiger partial charge on any atom is 0.416 e. The summed E-state index contributed by atoms with van der Waals surface area (Å²) in [5.74, 6) is 0.698. The van der Waals surface area contributed by atoms with Crippen LogP contribution in [-0.4, -0.2) is 16.6 Å². The zero-order chi connectivity index (χ0) is 14.4. The van der Waals surface area contributed by atoms with Crippen molar-refractivity contribution in [2.24, 2.45) is 7.05 Å². The van der Waals surface area contributed by atoms with Crippen molar-refractivity contribution >= 4 is 11.0 Å². The third-order valence-corrected chi connectivity index (χ3v) is 3.39. The molecule has 1 aromatic carbocycles. The minimum absolute atomic E-state index is 0.357. The van der Waals surface area contributed by atoms with Crippen molar-refractivity contribution < 1.29 is 13.2 Å². The van der Waals surface area contributed by atoms with Gasteiger partial charge in [0.05, 0.1) is 22.1 Å². The fourth-order valence-electron chi connectivity index (χ4n) is 2.05. The lowest BCUT2D eigenvalue weighted by Gasteiger charge is -2.23. The van der Waals surface area contributed by atoms with E-state index in [1.807, 2.05) is 18.4 Å². The quantitative estimate of drug-likeness (QED) is 0.909. The van der Waals surface area contributed by atoms with Crippen molar-refractivity contribution in [3.8, 4) is 0 Å². The lowest BCUT2D eigenvalue weighted by Crippen LogP contribution is -2.35. The van der Waals surface area contributed by atoms with E-state index >= 15 is 0 Å².